The zero-order valence-corrected chi connectivity index (χ0v) is 17.6. The second kappa shape index (κ2) is 7.25. The third-order valence-corrected chi connectivity index (χ3v) is 6.61. The van der Waals surface area contributed by atoms with Crippen LogP contribution in [0.25, 0.3) is 0 Å². The summed E-state index contributed by atoms with van der Waals surface area (Å²) < 4.78 is 33.7. The fourth-order valence-corrected chi connectivity index (χ4v) is 5.12. The Balaban J connectivity index is 2.16. The number of hydrogen-bond donors (Lipinski definition) is 0. The van der Waals surface area contributed by atoms with Crippen molar-refractivity contribution in [2.45, 2.75) is 51.2 Å². The Hall–Kier alpha value is -1.12. The maximum Gasteiger partial charge on any atom is 0.410 e. The first-order valence-corrected chi connectivity index (χ1v) is 10.4. The molecule has 1 aliphatic rings. The quantitative estimate of drug-likeness (QED) is 0.717. The summed E-state index contributed by atoms with van der Waals surface area (Å²) in [6, 6.07) is 4.80. The normalized spacial score (nSPS) is 19.8. The summed E-state index contributed by atoms with van der Waals surface area (Å²) in [7, 11) is -3.61. The zero-order chi connectivity index (χ0) is 19.0. The molecule has 1 fully saturated rings. The van der Waals surface area contributed by atoms with Gasteiger partial charge in [-0.15, -0.1) is 0 Å². The van der Waals surface area contributed by atoms with Crippen molar-refractivity contribution in [3.63, 3.8) is 0 Å². The summed E-state index contributed by atoms with van der Waals surface area (Å²) in [5.41, 5.74) is 0.120. The summed E-state index contributed by atoms with van der Waals surface area (Å²) in [5, 5.41) is 0. The fraction of sp³-hybridized carbons (Fsp3) is 0.588. The SMILES string of the molecule is Cc1cc(Br)ccc1S(=O)(=O)N1CCN(C(=O)OC(C)(C)C)CC1C. The molecule has 1 heterocycles. The van der Waals surface area contributed by atoms with Gasteiger partial charge in [0.1, 0.15) is 5.60 Å². The minimum Gasteiger partial charge on any atom is -0.444 e. The van der Waals surface area contributed by atoms with E-state index in [0.29, 0.717) is 23.5 Å². The molecule has 0 bridgehead atoms. The summed E-state index contributed by atoms with van der Waals surface area (Å²) >= 11 is 3.35. The van der Waals surface area contributed by atoms with Gasteiger partial charge in [-0.2, -0.15) is 4.31 Å². The van der Waals surface area contributed by atoms with Crippen LogP contribution in [-0.4, -0.2) is 55.0 Å². The highest BCUT2D eigenvalue weighted by atomic mass is 79.9. The van der Waals surface area contributed by atoms with Crippen LogP contribution in [-0.2, 0) is 14.8 Å². The molecule has 140 valence electrons. The van der Waals surface area contributed by atoms with Gasteiger partial charge in [0.05, 0.1) is 4.90 Å². The number of carbonyl (C=O) groups excluding carboxylic acids is 1. The maximum absolute atomic E-state index is 13.0. The Morgan fingerprint density at radius 2 is 1.92 bits per heavy atom. The Morgan fingerprint density at radius 3 is 2.44 bits per heavy atom. The second-order valence-electron chi connectivity index (χ2n) is 7.30. The Morgan fingerprint density at radius 1 is 1.28 bits per heavy atom. The molecule has 0 spiro atoms. The van der Waals surface area contributed by atoms with Gasteiger partial charge in [-0.1, -0.05) is 15.9 Å². The lowest BCUT2D eigenvalue weighted by molar-refractivity contribution is 0.0143. The smallest absolute Gasteiger partial charge is 0.410 e. The van der Waals surface area contributed by atoms with E-state index in [-0.39, 0.29) is 12.6 Å². The molecule has 0 aromatic heterocycles. The second-order valence-corrected chi connectivity index (χ2v) is 10.1. The van der Waals surface area contributed by atoms with Gasteiger partial charge in [-0.25, -0.2) is 13.2 Å². The van der Waals surface area contributed by atoms with Gasteiger partial charge in [0.15, 0.2) is 0 Å². The monoisotopic (exact) mass is 432 g/mol. The molecule has 1 aromatic rings. The van der Waals surface area contributed by atoms with Gasteiger partial charge >= 0.3 is 6.09 Å². The highest BCUT2D eigenvalue weighted by Crippen LogP contribution is 2.26. The molecule has 1 aromatic carbocycles. The minimum atomic E-state index is -3.61. The predicted molar refractivity (Wildman–Crippen MR) is 100 cm³/mol. The summed E-state index contributed by atoms with van der Waals surface area (Å²) in [5.74, 6) is 0. The van der Waals surface area contributed by atoms with Crippen LogP contribution in [0.15, 0.2) is 27.6 Å². The topological polar surface area (TPSA) is 66.9 Å². The van der Waals surface area contributed by atoms with Crippen molar-refractivity contribution in [3.05, 3.63) is 28.2 Å². The summed E-state index contributed by atoms with van der Waals surface area (Å²) in [6.45, 7) is 9.89. The highest BCUT2D eigenvalue weighted by Gasteiger charge is 2.37. The van der Waals surface area contributed by atoms with Gasteiger partial charge in [0.2, 0.25) is 10.0 Å². The number of piperazine rings is 1. The largest absolute Gasteiger partial charge is 0.444 e. The first kappa shape index (κ1) is 20.2. The molecule has 0 radical (unpaired) electrons. The number of hydrogen-bond acceptors (Lipinski definition) is 4. The van der Waals surface area contributed by atoms with E-state index in [1.807, 2.05) is 27.7 Å². The van der Waals surface area contributed by atoms with Crippen molar-refractivity contribution in [3.8, 4) is 0 Å². The predicted octanol–water partition coefficient (Wildman–Crippen LogP) is 3.39. The molecule has 25 heavy (non-hydrogen) atoms. The summed E-state index contributed by atoms with van der Waals surface area (Å²) in [6.07, 6.45) is -0.406. The van der Waals surface area contributed by atoms with Crippen LogP contribution < -0.4 is 0 Å². The molecule has 0 N–H and O–H groups in total. The van der Waals surface area contributed by atoms with Crippen molar-refractivity contribution in [2.75, 3.05) is 19.6 Å². The number of sulfonamides is 1. The Bertz CT molecular complexity index is 758. The van der Waals surface area contributed by atoms with Crippen LogP contribution in [0.3, 0.4) is 0 Å². The lowest BCUT2D eigenvalue weighted by Gasteiger charge is -2.39. The van der Waals surface area contributed by atoms with Gasteiger partial charge in [0.25, 0.3) is 0 Å². The fourth-order valence-electron chi connectivity index (χ4n) is 2.82. The summed E-state index contributed by atoms with van der Waals surface area (Å²) in [4.78, 5) is 14.1. The Kier molecular flexibility index (Phi) is 5.85. The van der Waals surface area contributed by atoms with E-state index in [4.69, 9.17) is 4.74 Å². The number of nitrogens with zero attached hydrogens (tertiary/aromatic N) is 2. The number of rotatable bonds is 2. The third-order valence-electron chi connectivity index (χ3n) is 3.94. The van der Waals surface area contributed by atoms with E-state index in [0.717, 1.165) is 4.47 Å². The van der Waals surface area contributed by atoms with Crippen LogP contribution in [0.1, 0.15) is 33.3 Å². The van der Waals surface area contributed by atoms with E-state index in [2.05, 4.69) is 15.9 Å². The molecule has 2 rings (SSSR count). The van der Waals surface area contributed by atoms with E-state index in [1.165, 1.54) is 4.31 Å². The lowest BCUT2D eigenvalue weighted by Crippen LogP contribution is -2.56. The van der Waals surface area contributed by atoms with Crippen LogP contribution in [0.4, 0.5) is 4.79 Å². The molecule has 1 amide bonds. The zero-order valence-electron chi connectivity index (χ0n) is 15.2. The van der Waals surface area contributed by atoms with Crippen molar-refractivity contribution in [1.82, 2.24) is 9.21 Å². The van der Waals surface area contributed by atoms with Crippen molar-refractivity contribution < 1.29 is 17.9 Å². The molecule has 0 aliphatic carbocycles. The van der Waals surface area contributed by atoms with Crippen molar-refractivity contribution in [2.24, 2.45) is 0 Å². The Labute approximate surface area is 158 Å². The molecule has 1 aliphatic heterocycles. The van der Waals surface area contributed by atoms with Gasteiger partial charge < -0.3 is 9.64 Å². The van der Waals surface area contributed by atoms with Crippen LogP contribution in [0.2, 0.25) is 0 Å². The number of benzene rings is 1. The van der Waals surface area contributed by atoms with Crippen molar-refractivity contribution >= 4 is 32.0 Å². The van der Waals surface area contributed by atoms with E-state index < -0.39 is 21.7 Å². The standard InChI is InChI=1S/C17H25BrN2O4S/c1-12-10-14(18)6-7-15(12)25(22,23)20-9-8-19(11-13(20)2)16(21)24-17(3,4)5/h6-7,10,13H,8-9,11H2,1-5H3. The molecule has 1 saturated heterocycles. The average molecular weight is 433 g/mol. The average Bonchev–Trinajstić information content (AvgIpc) is 2.44. The number of halogens is 1. The first-order valence-electron chi connectivity index (χ1n) is 8.18. The van der Waals surface area contributed by atoms with E-state index >= 15 is 0 Å². The number of amides is 1. The first-order chi connectivity index (χ1) is 11.4. The number of ether oxygens (including phenoxy) is 1. The highest BCUT2D eigenvalue weighted by molar-refractivity contribution is 9.10. The molecular formula is C17H25BrN2O4S. The molecule has 1 atom stereocenters. The van der Waals surface area contributed by atoms with Gasteiger partial charge in [-0.3, -0.25) is 0 Å². The van der Waals surface area contributed by atoms with Crippen LogP contribution in [0.5, 0.6) is 0 Å². The molecule has 6 nitrogen and oxygen atoms in total. The van der Waals surface area contributed by atoms with Crippen molar-refractivity contribution in [1.29, 1.82) is 0 Å². The molecular weight excluding hydrogens is 408 g/mol. The number of aryl methyl sites for hydroxylation is 1. The minimum absolute atomic E-state index is 0.248. The van der Waals surface area contributed by atoms with E-state index in [9.17, 15) is 13.2 Å². The maximum atomic E-state index is 13.0. The van der Waals surface area contributed by atoms with Crippen LogP contribution >= 0.6 is 15.9 Å². The third kappa shape index (κ3) is 4.74. The van der Waals surface area contributed by atoms with Gasteiger partial charge in [0, 0.05) is 30.1 Å². The molecule has 0 saturated carbocycles. The van der Waals surface area contributed by atoms with Crippen LogP contribution in [0, 0.1) is 6.92 Å². The number of carbonyl (C=O) groups is 1. The van der Waals surface area contributed by atoms with Gasteiger partial charge in [-0.05, 0) is 58.4 Å². The molecule has 8 heteroatoms. The van der Waals surface area contributed by atoms with E-state index in [1.54, 1.807) is 30.0 Å². The lowest BCUT2D eigenvalue weighted by atomic mass is 10.2. The molecule has 1 unspecified atom stereocenters.